The SMILES string of the molecule is CCC(=O)[C@H](NC(=O)c1cc(C2CN(C(=O)CNC3CC3)C2)ccc1F)C1CCCCC1. The topological polar surface area (TPSA) is 78.5 Å². The Morgan fingerprint density at radius 3 is 2.47 bits per heavy atom. The van der Waals surface area contributed by atoms with Crippen molar-refractivity contribution >= 4 is 17.6 Å². The quantitative estimate of drug-likeness (QED) is 0.615. The molecule has 0 aromatic heterocycles. The van der Waals surface area contributed by atoms with Gasteiger partial charge in [-0.25, -0.2) is 4.39 Å². The minimum Gasteiger partial charge on any atom is -0.342 e. The smallest absolute Gasteiger partial charge is 0.254 e. The minimum atomic E-state index is -0.585. The molecule has 1 aliphatic heterocycles. The van der Waals surface area contributed by atoms with E-state index in [1.165, 1.54) is 6.07 Å². The highest BCUT2D eigenvalue weighted by molar-refractivity contribution is 5.98. The third-order valence-corrected chi connectivity index (χ3v) is 7.16. The van der Waals surface area contributed by atoms with Crippen molar-refractivity contribution < 1.29 is 18.8 Å². The van der Waals surface area contributed by atoms with Crippen LogP contribution in [0.3, 0.4) is 0 Å². The predicted molar refractivity (Wildman–Crippen MR) is 120 cm³/mol. The van der Waals surface area contributed by atoms with Crippen molar-refractivity contribution in [1.29, 1.82) is 0 Å². The van der Waals surface area contributed by atoms with Crippen LogP contribution in [0.15, 0.2) is 18.2 Å². The van der Waals surface area contributed by atoms with Crippen LogP contribution in [0.5, 0.6) is 0 Å². The van der Waals surface area contributed by atoms with E-state index in [-0.39, 0.29) is 29.1 Å². The number of nitrogens with zero attached hydrogens (tertiary/aromatic N) is 1. The van der Waals surface area contributed by atoms with Gasteiger partial charge >= 0.3 is 0 Å². The number of likely N-dealkylation sites (tertiary alicyclic amines) is 1. The summed E-state index contributed by atoms with van der Waals surface area (Å²) in [6.07, 6.45) is 7.75. The summed E-state index contributed by atoms with van der Waals surface area (Å²) in [4.78, 5) is 39.5. The number of nitrogens with one attached hydrogen (secondary N) is 2. The molecular weight excluding hydrogens is 409 g/mol. The maximum Gasteiger partial charge on any atom is 0.254 e. The molecule has 0 spiro atoms. The lowest BCUT2D eigenvalue weighted by atomic mass is 9.81. The standard InChI is InChI=1S/C25H34FN3O3/c1-2-22(30)24(16-6-4-3-5-7-16)28-25(32)20-12-17(8-11-21(20)26)18-14-29(15-18)23(31)13-27-19-9-10-19/h8,11-12,16,18-19,24,27H,2-7,9-10,13-15H2,1H3,(H,28,32)/t24-/m1/s1. The third kappa shape index (κ3) is 5.37. The van der Waals surface area contributed by atoms with Crippen molar-refractivity contribution in [2.45, 2.75) is 76.3 Å². The van der Waals surface area contributed by atoms with Crippen LogP contribution in [0.4, 0.5) is 4.39 Å². The van der Waals surface area contributed by atoms with E-state index in [1.54, 1.807) is 24.0 Å². The fraction of sp³-hybridized carbons (Fsp3) is 0.640. The van der Waals surface area contributed by atoms with Crippen molar-refractivity contribution in [3.05, 3.63) is 35.1 Å². The van der Waals surface area contributed by atoms with E-state index < -0.39 is 17.8 Å². The summed E-state index contributed by atoms with van der Waals surface area (Å²) in [6, 6.07) is 4.55. The number of benzene rings is 1. The average Bonchev–Trinajstić information content (AvgIpc) is 3.60. The molecule has 4 rings (SSSR count). The first kappa shape index (κ1) is 22.9. The lowest BCUT2D eigenvalue weighted by Gasteiger charge is -2.40. The van der Waals surface area contributed by atoms with Gasteiger partial charge < -0.3 is 15.5 Å². The highest BCUT2D eigenvalue weighted by atomic mass is 19.1. The lowest BCUT2D eigenvalue weighted by Crippen LogP contribution is -2.51. The van der Waals surface area contributed by atoms with E-state index in [0.29, 0.717) is 32.1 Å². The van der Waals surface area contributed by atoms with Crippen molar-refractivity contribution in [3.63, 3.8) is 0 Å². The van der Waals surface area contributed by atoms with Crippen molar-refractivity contribution in [2.75, 3.05) is 19.6 Å². The fourth-order valence-corrected chi connectivity index (χ4v) is 4.86. The average molecular weight is 444 g/mol. The lowest BCUT2D eigenvalue weighted by molar-refractivity contribution is -0.134. The van der Waals surface area contributed by atoms with E-state index in [0.717, 1.165) is 50.5 Å². The Morgan fingerprint density at radius 1 is 1.09 bits per heavy atom. The molecule has 1 heterocycles. The van der Waals surface area contributed by atoms with Crippen LogP contribution in [0, 0.1) is 11.7 Å². The number of amides is 2. The number of hydrogen-bond donors (Lipinski definition) is 2. The molecular formula is C25H34FN3O3. The number of rotatable bonds is 9. The number of hydrogen-bond acceptors (Lipinski definition) is 4. The fourth-order valence-electron chi connectivity index (χ4n) is 4.86. The zero-order chi connectivity index (χ0) is 22.7. The number of carbonyl (C=O) groups is 3. The number of carbonyl (C=O) groups excluding carboxylic acids is 3. The molecule has 2 N–H and O–H groups in total. The Labute approximate surface area is 189 Å². The predicted octanol–water partition coefficient (Wildman–Crippen LogP) is 3.16. The molecule has 1 aromatic carbocycles. The second-order valence-electron chi connectivity index (χ2n) is 9.56. The third-order valence-electron chi connectivity index (χ3n) is 7.16. The summed E-state index contributed by atoms with van der Waals surface area (Å²) in [5, 5.41) is 6.08. The Balaban J connectivity index is 1.38. The van der Waals surface area contributed by atoms with Crippen LogP contribution in [0.25, 0.3) is 0 Å². The van der Waals surface area contributed by atoms with Gasteiger partial charge in [-0.05, 0) is 49.3 Å². The zero-order valence-corrected chi connectivity index (χ0v) is 18.9. The first-order chi connectivity index (χ1) is 15.5. The summed E-state index contributed by atoms with van der Waals surface area (Å²) in [7, 11) is 0. The monoisotopic (exact) mass is 443 g/mol. The van der Waals surface area contributed by atoms with Gasteiger partial charge in [-0.2, -0.15) is 0 Å². The summed E-state index contributed by atoms with van der Waals surface area (Å²) in [5.74, 6) is -0.794. The molecule has 1 saturated heterocycles. The van der Waals surface area contributed by atoms with E-state index >= 15 is 0 Å². The highest BCUT2D eigenvalue weighted by Gasteiger charge is 2.34. The molecule has 7 heteroatoms. The largest absolute Gasteiger partial charge is 0.342 e. The van der Waals surface area contributed by atoms with Gasteiger partial charge in [0.25, 0.3) is 5.91 Å². The number of halogens is 1. The normalized spacial score (nSPS) is 20.5. The van der Waals surface area contributed by atoms with Crippen molar-refractivity contribution in [1.82, 2.24) is 15.5 Å². The van der Waals surface area contributed by atoms with Crippen molar-refractivity contribution in [3.8, 4) is 0 Å². The molecule has 2 aliphatic carbocycles. The molecule has 32 heavy (non-hydrogen) atoms. The van der Waals surface area contributed by atoms with Crippen LogP contribution < -0.4 is 10.6 Å². The maximum absolute atomic E-state index is 14.5. The molecule has 3 fully saturated rings. The Hall–Kier alpha value is -2.28. The van der Waals surface area contributed by atoms with Crippen LogP contribution in [-0.4, -0.2) is 54.2 Å². The van der Waals surface area contributed by atoms with Crippen LogP contribution >= 0.6 is 0 Å². The van der Waals surface area contributed by atoms with Gasteiger partial charge in [-0.15, -0.1) is 0 Å². The van der Waals surface area contributed by atoms with Gasteiger partial charge in [0.15, 0.2) is 5.78 Å². The summed E-state index contributed by atoms with van der Waals surface area (Å²) < 4.78 is 14.5. The van der Waals surface area contributed by atoms with E-state index in [9.17, 15) is 18.8 Å². The van der Waals surface area contributed by atoms with Gasteiger partial charge in [0.1, 0.15) is 5.82 Å². The maximum atomic E-state index is 14.5. The van der Waals surface area contributed by atoms with Gasteiger partial charge in [-0.3, -0.25) is 14.4 Å². The summed E-state index contributed by atoms with van der Waals surface area (Å²) >= 11 is 0. The van der Waals surface area contributed by atoms with Gasteiger partial charge in [0.2, 0.25) is 5.91 Å². The Morgan fingerprint density at radius 2 is 1.81 bits per heavy atom. The molecule has 1 aromatic rings. The molecule has 6 nitrogen and oxygen atoms in total. The van der Waals surface area contributed by atoms with Crippen LogP contribution in [0.2, 0.25) is 0 Å². The second kappa shape index (κ2) is 10.1. The van der Waals surface area contributed by atoms with E-state index in [2.05, 4.69) is 10.6 Å². The second-order valence-corrected chi connectivity index (χ2v) is 9.56. The molecule has 3 aliphatic rings. The van der Waals surface area contributed by atoms with Gasteiger partial charge in [0.05, 0.1) is 18.2 Å². The first-order valence-corrected chi connectivity index (χ1v) is 12.1. The van der Waals surface area contributed by atoms with Crippen LogP contribution in [0.1, 0.15) is 80.1 Å². The molecule has 2 saturated carbocycles. The number of Topliss-reactive ketones (excluding diaryl/α,β-unsaturated/α-hetero) is 1. The molecule has 0 unspecified atom stereocenters. The summed E-state index contributed by atoms with van der Waals surface area (Å²) in [5.41, 5.74) is 0.833. The minimum absolute atomic E-state index is 0.00904. The van der Waals surface area contributed by atoms with Crippen LogP contribution in [-0.2, 0) is 9.59 Å². The molecule has 2 amide bonds. The van der Waals surface area contributed by atoms with E-state index in [4.69, 9.17) is 0 Å². The molecule has 1 atom stereocenters. The van der Waals surface area contributed by atoms with E-state index in [1.807, 2.05) is 0 Å². The highest BCUT2D eigenvalue weighted by Crippen LogP contribution is 2.30. The summed E-state index contributed by atoms with van der Waals surface area (Å²) in [6.45, 7) is 3.32. The van der Waals surface area contributed by atoms with Gasteiger partial charge in [-0.1, -0.05) is 32.3 Å². The Kier molecular flexibility index (Phi) is 7.23. The molecule has 0 radical (unpaired) electrons. The Bertz CT molecular complexity index is 858. The first-order valence-electron chi connectivity index (χ1n) is 12.1. The number of ketones is 1. The molecule has 0 bridgehead atoms. The zero-order valence-electron chi connectivity index (χ0n) is 18.9. The van der Waals surface area contributed by atoms with Gasteiger partial charge in [0, 0.05) is 31.5 Å². The molecule has 174 valence electrons. The van der Waals surface area contributed by atoms with Crippen molar-refractivity contribution in [2.24, 2.45) is 5.92 Å².